The van der Waals surface area contributed by atoms with Crippen molar-refractivity contribution < 1.29 is 17.7 Å². The third kappa shape index (κ3) is 6.51. The molecule has 0 fully saturated rings. The SMILES string of the molecule is CCCCc1nn(-c2cc([N+](=O)[O-])ccc2Cl)c(C#N)c1Cc1ccc(-c2cc(CCC)ccc2S(N)(=O)=O)cc1F. The number of benzene rings is 3. The summed E-state index contributed by atoms with van der Waals surface area (Å²) < 4.78 is 41.5. The zero-order valence-corrected chi connectivity index (χ0v) is 24.7. The van der Waals surface area contributed by atoms with Crippen molar-refractivity contribution in [2.45, 2.75) is 57.3 Å². The summed E-state index contributed by atoms with van der Waals surface area (Å²) in [5, 5.41) is 31.7. The maximum absolute atomic E-state index is 15.7. The van der Waals surface area contributed by atoms with Crippen LogP contribution in [0.15, 0.2) is 59.5 Å². The van der Waals surface area contributed by atoms with Crippen LogP contribution in [-0.4, -0.2) is 23.1 Å². The molecule has 3 aromatic carbocycles. The van der Waals surface area contributed by atoms with E-state index in [1.54, 1.807) is 24.3 Å². The summed E-state index contributed by atoms with van der Waals surface area (Å²) in [5.41, 5.74) is 2.91. The number of unbranched alkanes of at least 4 members (excludes halogenated alkanes) is 1. The molecule has 0 spiro atoms. The molecule has 9 nitrogen and oxygen atoms in total. The quantitative estimate of drug-likeness (QED) is 0.149. The van der Waals surface area contributed by atoms with Crippen molar-refractivity contribution in [3.63, 3.8) is 0 Å². The highest BCUT2D eigenvalue weighted by atomic mass is 35.5. The highest BCUT2D eigenvalue weighted by molar-refractivity contribution is 7.89. The average molecular weight is 610 g/mol. The molecule has 0 aliphatic carbocycles. The molecule has 0 radical (unpaired) electrons. The van der Waals surface area contributed by atoms with Gasteiger partial charge in [0, 0.05) is 29.7 Å². The number of nitriles is 1. The number of hydrogen-bond donors (Lipinski definition) is 1. The molecule has 0 bridgehead atoms. The molecule has 0 atom stereocenters. The van der Waals surface area contributed by atoms with Crippen LogP contribution in [0.1, 0.15) is 61.2 Å². The van der Waals surface area contributed by atoms with Gasteiger partial charge in [-0.25, -0.2) is 22.6 Å². The Morgan fingerprint density at radius 3 is 2.48 bits per heavy atom. The Kier molecular flexibility index (Phi) is 9.41. The van der Waals surface area contributed by atoms with Gasteiger partial charge >= 0.3 is 0 Å². The van der Waals surface area contributed by atoms with Gasteiger partial charge in [-0.2, -0.15) is 10.4 Å². The fourth-order valence-electron chi connectivity index (χ4n) is 4.84. The highest BCUT2D eigenvalue weighted by Gasteiger charge is 2.24. The molecule has 0 aliphatic rings. The van der Waals surface area contributed by atoms with Crippen LogP contribution in [0.2, 0.25) is 5.02 Å². The first-order valence-corrected chi connectivity index (χ1v) is 15.3. The molecule has 4 rings (SSSR count). The Labute approximate surface area is 248 Å². The van der Waals surface area contributed by atoms with Crippen LogP contribution in [0.5, 0.6) is 0 Å². The normalized spacial score (nSPS) is 11.4. The maximum Gasteiger partial charge on any atom is 0.271 e. The monoisotopic (exact) mass is 609 g/mol. The van der Waals surface area contributed by atoms with Crippen LogP contribution in [0.25, 0.3) is 16.8 Å². The Hall–Kier alpha value is -4.11. The lowest BCUT2D eigenvalue weighted by atomic mass is 9.96. The number of rotatable bonds is 11. The summed E-state index contributed by atoms with van der Waals surface area (Å²) in [6.07, 6.45) is 3.68. The van der Waals surface area contributed by atoms with E-state index < -0.39 is 20.8 Å². The molecule has 12 heteroatoms. The van der Waals surface area contributed by atoms with Gasteiger partial charge in [-0.1, -0.05) is 56.5 Å². The van der Waals surface area contributed by atoms with Gasteiger partial charge in [0.25, 0.3) is 5.69 Å². The van der Waals surface area contributed by atoms with E-state index in [0.717, 1.165) is 24.8 Å². The second-order valence-electron chi connectivity index (χ2n) is 9.90. The zero-order valence-electron chi connectivity index (χ0n) is 23.1. The number of hydrogen-bond acceptors (Lipinski definition) is 6. The van der Waals surface area contributed by atoms with Crippen molar-refractivity contribution in [3.05, 3.63) is 104 Å². The van der Waals surface area contributed by atoms with Crippen molar-refractivity contribution in [3.8, 4) is 22.9 Å². The molecule has 0 unspecified atom stereocenters. The summed E-state index contributed by atoms with van der Waals surface area (Å²) in [5.74, 6) is -0.597. The fraction of sp³-hybridized carbons (Fsp3) is 0.267. The number of halogens is 2. The van der Waals surface area contributed by atoms with Gasteiger partial charge in [-0.05, 0) is 60.2 Å². The number of sulfonamides is 1. The summed E-state index contributed by atoms with van der Waals surface area (Å²) in [6.45, 7) is 4.00. The van der Waals surface area contributed by atoms with Crippen LogP contribution < -0.4 is 5.14 Å². The van der Waals surface area contributed by atoms with Gasteiger partial charge < -0.3 is 0 Å². The number of non-ortho nitro benzene ring substituents is 1. The van der Waals surface area contributed by atoms with Gasteiger partial charge in [0.05, 0.1) is 26.2 Å². The van der Waals surface area contributed by atoms with Crippen LogP contribution >= 0.6 is 11.6 Å². The van der Waals surface area contributed by atoms with E-state index in [-0.39, 0.29) is 39.0 Å². The summed E-state index contributed by atoms with van der Waals surface area (Å²) in [4.78, 5) is 10.7. The van der Waals surface area contributed by atoms with E-state index in [9.17, 15) is 23.8 Å². The van der Waals surface area contributed by atoms with Crippen molar-refractivity contribution in [1.82, 2.24) is 9.78 Å². The standard InChI is InChI=1S/C30H29ClFN5O4S/c1-3-5-7-27-24(29(18-33)36(35-27)28-17-22(37(38)39)11-12-25(28)31)15-21-10-9-20(16-26(21)32)23-14-19(6-4-2)8-13-30(23)42(34,40)41/h8-14,16-17H,3-7,15H2,1-2H3,(H2,34,40,41). The Morgan fingerprint density at radius 1 is 1.10 bits per heavy atom. The molecule has 1 aromatic heterocycles. The smallest absolute Gasteiger partial charge is 0.258 e. The average Bonchev–Trinajstić information content (AvgIpc) is 3.29. The first kappa shape index (κ1) is 30.8. The molecule has 42 heavy (non-hydrogen) atoms. The maximum atomic E-state index is 15.7. The number of nitro groups is 1. The lowest BCUT2D eigenvalue weighted by Gasteiger charge is -2.12. The van der Waals surface area contributed by atoms with Crippen LogP contribution in [0, 0.1) is 27.3 Å². The Morgan fingerprint density at radius 2 is 1.86 bits per heavy atom. The molecular formula is C30H29ClFN5O4S. The molecular weight excluding hydrogens is 581 g/mol. The number of nitrogens with two attached hydrogens (primary N) is 1. The highest BCUT2D eigenvalue weighted by Crippen LogP contribution is 2.33. The third-order valence-electron chi connectivity index (χ3n) is 6.93. The van der Waals surface area contributed by atoms with Gasteiger partial charge in [0.2, 0.25) is 10.0 Å². The molecule has 0 saturated heterocycles. The van der Waals surface area contributed by atoms with E-state index >= 15 is 4.39 Å². The number of primary sulfonamides is 1. The van der Waals surface area contributed by atoms with Crippen LogP contribution in [-0.2, 0) is 29.3 Å². The van der Waals surface area contributed by atoms with Crippen molar-refractivity contribution in [2.75, 3.05) is 0 Å². The molecule has 4 aromatic rings. The Bertz CT molecular complexity index is 1820. The summed E-state index contributed by atoms with van der Waals surface area (Å²) in [7, 11) is -4.07. The van der Waals surface area contributed by atoms with E-state index in [0.29, 0.717) is 35.2 Å². The first-order valence-electron chi connectivity index (χ1n) is 13.4. The van der Waals surface area contributed by atoms with Gasteiger partial charge in [0.1, 0.15) is 17.6 Å². The van der Waals surface area contributed by atoms with Crippen LogP contribution in [0.4, 0.5) is 10.1 Å². The minimum atomic E-state index is -4.07. The number of aryl methyl sites for hydroxylation is 2. The molecule has 0 saturated carbocycles. The summed E-state index contributed by atoms with van der Waals surface area (Å²) >= 11 is 6.36. The van der Waals surface area contributed by atoms with E-state index in [1.807, 2.05) is 13.8 Å². The van der Waals surface area contributed by atoms with Gasteiger partial charge in [0.15, 0.2) is 0 Å². The summed E-state index contributed by atoms with van der Waals surface area (Å²) in [6, 6.07) is 15.3. The van der Waals surface area contributed by atoms with E-state index in [4.69, 9.17) is 16.7 Å². The second kappa shape index (κ2) is 12.8. The molecule has 0 aliphatic heterocycles. The lowest BCUT2D eigenvalue weighted by Crippen LogP contribution is -2.13. The van der Waals surface area contributed by atoms with Crippen molar-refractivity contribution >= 4 is 27.3 Å². The number of nitrogens with zero attached hydrogens (tertiary/aromatic N) is 4. The minimum absolute atomic E-state index is 0.0124. The Balaban J connectivity index is 1.81. The second-order valence-corrected chi connectivity index (χ2v) is 11.8. The molecule has 2 N–H and O–H groups in total. The van der Waals surface area contributed by atoms with Gasteiger partial charge in [-0.3, -0.25) is 10.1 Å². The molecule has 218 valence electrons. The van der Waals surface area contributed by atoms with Crippen molar-refractivity contribution in [2.24, 2.45) is 5.14 Å². The predicted octanol–water partition coefficient (Wildman–Crippen LogP) is 6.64. The van der Waals surface area contributed by atoms with Crippen molar-refractivity contribution in [1.29, 1.82) is 5.26 Å². The lowest BCUT2D eigenvalue weighted by molar-refractivity contribution is -0.384. The molecule has 1 heterocycles. The number of nitro benzene ring substituents is 1. The topological polar surface area (TPSA) is 145 Å². The molecule has 0 amide bonds. The fourth-order valence-corrected chi connectivity index (χ4v) is 5.77. The minimum Gasteiger partial charge on any atom is -0.258 e. The van der Waals surface area contributed by atoms with E-state index in [1.165, 1.54) is 35.0 Å². The first-order chi connectivity index (χ1) is 20.0. The van der Waals surface area contributed by atoms with Gasteiger partial charge in [-0.15, -0.1) is 0 Å². The predicted molar refractivity (Wildman–Crippen MR) is 159 cm³/mol. The van der Waals surface area contributed by atoms with Crippen LogP contribution in [0.3, 0.4) is 0 Å². The number of aromatic nitrogens is 2. The third-order valence-corrected chi connectivity index (χ3v) is 8.22. The van der Waals surface area contributed by atoms with E-state index in [2.05, 4.69) is 11.2 Å². The largest absolute Gasteiger partial charge is 0.271 e. The zero-order chi connectivity index (χ0) is 30.6.